The van der Waals surface area contributed by atoms with E-state index in [2.05, 4.69) is 59.7 Å². The monoisotopic (exact) mass is 562 g/mol. The van der Waals surface area contributed by atoms with Gasteiger partial charge in [-0.1, -0.05) is 18.2 Å². The van der Waals surface area contributed by atoms with Crippen LogP contribution in [0.15, 0.2) is 60.7 Å². The molecule has 0 radical (unpaired) electrons. The van der Waals surface area contributed by atoms with Crippen molar-refractivity contribution in [2.45, 2.75) is 37.8 Å². The van der Waals surface area contributed by atoms with E-state index in [-0.39, 0.29) is 12.1 Å². The van der Waals surface area contributed by atoms with Crippen molar-refractivity contribution in [2.24, 2.45) is 0 Å². The average molecular weight is 563 g/mol. The summed E-state index contributed by atoms with van der Waals surface area (Å²) in [6.07, 6.45) is 3.48. The summed E-state index contributed by atoms with van der Waals surface area (Å²) in [5.74, 6) is 5.86. The Bertz CT molecular complexity index is 1700. The van der Waals surface area contributed by atoms with Crippen LogP contribution in [0.5, 0.6) is 46.0 Å². The highest BCUT2D eigenvalue weighted by molar-refractivity contribution is 5.67. The number of hydrogen-bond donors (Lipinski definition) is 1. The van der Waals surface area contributed by atoms with Crippen molar-refractivity contribution < 1.29 is 23.7 Å². The third-order valence-electron chi connectivity index (χ3n) is 9.18. The van der Waals surface area contributed by atoms with Crippen molar-refractivity contribution in [2.75, 3.05) is 34.4 Å². The van der Waals surface area contributed by atoms with Gasteiger partial charge in [0.2, 0.25) is 5.75 Å². The zero-order valence-electron chi connectivity index (χ0n) is 24.2. The van der Waals surface area contributed by atoms with Crippen LogP contribution < -0.4 is 29.0 Å². The summed E-state index contributed by atoms with van der Waals surface area (Å²) in [7, 11) is 5.58. The molecule has 4 aromatic carbocycles. The Labute approximate surface area is 245 Å². The lowest BCUT2D eigenvalue weighted by molar-refractivity contribution is 0.220. The molecule has 7 bridgehead atoms. The second kappa shape index (κ2) is 9.96. The van der Waals surface area contributed by atoms with Crippen LogP contribution in [0, 0.1) is 0 Å². The summed E-state index contributed by atoms with van der Waals surface area (Å²) in [6.45, 7) is 1.85. The molecule has 7 heteroatoms. The van der Waals surface area contributed by atoms with Gasteiger partial charge in [-0.25, -0.2) is 0 Å². The number of likely N-dealkylation sites (N-methyl/N-ethyl adjacent to an activating group) is 1. The first-order chi connectivity index (χ1) is 20.6. The van der Waals surface area contributed by atoms with Crippen LogP contribution in [0.4, 0.5) is 0 Å². The molecule has 2 atom stereocenters. The predicted molar refractivity (Wildman–Crippen MR) is 160 cm³/mol. The van der Waals surface area contributed by atoms with Crippen molar-refractivity contribution in [3.63, 3.8) is 0 Å². The number of rotatable bonds is 2. The number of benzene rings is 4. The first kappa shape index (κ1) is 25.5. The average Bonchev–Trinajstić information content (AvgIpc) is 3.01. The zero-order chi connectivity index (χ0) is 28.4. The second-order valence-electron chi connectivity index (χ2n) is 11.7. The van der Waals surface area contributed by atoms with Gasteiger partial charge in [0.15, 0.2) is 34.5 Å². The Kier molecular flexibility index (Phi) is 6.05. The molecule has 0 unspecified atom stereocenters. The zero-order valence-corrected chi connectivity index (χ0v) is 24.2. The molecule has 214 valence electrons. The standard InChI is InChI=1S/C35H34N2O5/c1-37-13-11-23-18-32(39-3)34-35-33(23)27(37)15-20-4-7-24(8-5-20)40-29-16-21(6-9-28(29)38-2)14-26-25-19-31(42-35)30(41-34)17-22(25)10-12-36-26/h4-9,16-19,26-27,36H,10-15H2,1-3H3/t26-,27+/m1/s1. The molecule has 0 fully saturated rings. The Morgan fingerprint density at radius 1 is 0.738 bits per heavy atom. The first-order valence-corrected chi connectivity index (χ1v) is 14.7. The molecule has 0 saturated carbocycles. The molecule has 5 aliphatic rings. The van der Waals surface area contributed by atoms with Crippen LogP contribution >= 0.6 is 0 Å². The molecule has 0 aliphatic carbocycles. The molecule has 0 saturated heterocycles. The molecule has 0 aromatic heterocycles. The largest absolute Gasteiger partial charge is 0.493 e. The van der Waals surface area contributed by atoms with E-state index in [0.717, 1.165) is 61.8 Å². The summed E-state index contributed by atoms with van der Waals surface area (Å²) < 4.78 is 31.4. The molecule has 5 aliphatic heterocycles. The highest BCUT2D eigenvalue weighted by Crippen LogP contribution is 2.56. The lowest BCUT2D eigenvalue weighted by atomic mass is 9.87. The van der Waals surface area contributed by atoms with Crippen LogP contribution in [0.25, 0.3) is 0 Å². The van der Waals surface area contributed by atoms with Crippen molar-refractivity contribution in [3.05, 3.63) is 94.0 Å². The number of nitrogens with one attached hydrogen (secondary N) is 1. The smallest absolute Gasteiger partial charge is 0.212 e. The Morgan fingerprint density at radius 2 is 1.52 bits per heavy atom. The van der Waals surface area contributed by atoms with Crippen molar-refractivity contribution >= 4 is 0 Å². The number of hydrogen-bond acceptors (Lipinski definition) is 7. The first-order valence-electron chi connectivity index (χ1n) is 14.7. The molecular formula is C35H34N2O5. The third-order valence-corrected chi connectivity index (χ3v) is 9.18. The van der Waals surface area contributed by atoms with Crippen LogP contribution in [-0.4, -0.2) is 39.3 Å². The topological polar surface area (TPSA) is 61.4 Å². The molecule has 0 spiro atoms. The van der Waals surface area contributed by atoms with Gasteiger partial charge in [-0.15, -0.1) is 0 Å². The number of ether oxygens (including phenoxy) is 5. The van der Waals surface area contributed by atoms with Gasteiger partial charge < -0.3 is 29.0 Å². The van der Waals surface area contributed by atoms with Crippen LogP contribution in [0.3, 0.4) is 0 Å². The summed E-state index contributed by atoms with van der Waals surface area (Å²) in [5.41, 5.74) is 7.33. The summed E-state index contributed by atoms with van der Waals surface area (Å²) in [6, 6.07) is 21.3. The maximum Gasteiger partial charge on any atom is 0.212 e. The van der Waals surface area contributed by atoms with Gasteiger partial charge >= 0.3 is 0 Å². The van der Waals surface area contributed by atoms with Gasteiger partial charge in [0.25, 0.3) is 0 Å². The van der Waals surface area contributed by atoms with Crippen LogP contribution in [-0.2, 0) is 25.7 Å². The van der Waals surface area contributed by atoms with E-state index in [0.29, 0.717) is 23.0 Å². The Morgan fingerprint density at radius 3 is 2.36 bits per heavy atom. The number of methoxy groups -OCH3 is 2. The highest BCUT2D eigenvalue weighted by atomic mass is 16.6. The molecule has 0 amide bonds. The maximum atomic E-state index is 6.86. The number of fused-ring (bicyclic) bond motifs is 2. The van der Waals surface area contributed by atoms with Gasteiger partial charge in [0.1, 0.15) is 5.75 Å². The van der Waals surface area contributed by atoms with Gasteiger partial charge in [-0.05, 0) is 110 Å². The lowest BCUT2D eigenvalue weighted by Crippen LogP contribution is -2.34. The summed E-state index contributed by atoms with van der Waals surface area (Å²) >= 11 is 0. The minimum Gasteiger partial charge on any atom is -0.493 e. The van der Waals surface area contributed by atoms with Crippen molar-refractivity contribution in [1.82, 2.24) is 10.2 Å². The van der Waals surface area contributed by atoms with Gasteiger partial charge in [-0.2, -0.15) is 0 Å². The van der Waals surface area contributed by atoms with E-state index >= 15 is 0 Å². The van der Waals surface area contributed by atoms with Crippen molar-refractivity contribution in [1.29, 1.82) is 0 Å². The Balaban J connectivity index is 1.32. The second-order valence-corrected chi connectivity index (χ2v) is 11.7. The minimum atomic E-state index is 0.119. The molecule has 9 rings (SSSR count). The Hall–Kier alpha value is -4.20. The maximum absolute atomic E-state index is 6.86. The predicted octanol–water partition coefficient (Wildman–Crippen LogP) is 6.91. The van der Waals surface area contributed by atoms with E-state index in [1.807, 2.05) is 18.2 Å². The fraction of sp³-hybridized carbons (Fsp3) is 0.314. The van der Waals surface area contributed by atoms with Gasteiger partial charge in [-0.3, -0.25) is 4.90 Å². The van der Waals surface area contributed by atoms with E-state index in [1.165, 1.54) is 33.4 Å². The highest BCUT2D eigenvalue weighted by Gasteiger charge is 2.36. The summed E-state index contributed by atoms with van der Waals surface area (Å²) in [4.78, 5) is 2.42. The van der Waals surface area contributed by atoms with Crippen LogP contribution in [0.2, 0.25) is 0 Å². The molecule has 7 nitrogen and oxygen atoms in total. The van der Waals surface area contributed by atoms with Crippen molar-refractivity contribution in [3.8, 4) is 46.0 Å². The number of nitrogens with zero attached hydrogens (tertiary/aromatic N) is 1. The fourth-order valence-electron chi connectivity index (χ4n) is 6.95. The van der Waals surface area contributed by atoms with Gasteiger partial charge in [0.05, 0.1) is 14.2 Å². The fourth-order valence-corrected chi connectivity index (χ4v) is 6.95. The quantitative estimate of drug-likeness (QED) is 0.251. The van der Waals surface area contributed by atoms with Gasteiger partial charge in [0, 0.05) is 24.2 Å². The normalized spacial score (nSPS) is 20.1. The SMILES string of the molecule is COc1ccc2cc1Oc1ccc(cc1)C[C@H]1c3c(cc(OC)c4c3Oc3cc5c(cc3O4)CCN[C@@H]5C2)CCN1C. The van der Waals surface area contributed by atoms with E-state index < -0.39 is 0 Å². The molecular weight excluding hydrogens is 528 g/mol. The summed E-state index contributed by atoms with van der Waals surface area (Å²) in [5, 5.41) is 3.74. The van der Waals surface area contributed by atoms with E-state index in [4.69, 9.17) is 23.7 Å². The third kappa shape index (κ3) is 4.18. The van der Waals surface area contributed by atoms with E-state index in [9.17, 15) is 0 Å². The lowest BCUT2D eigenvalue weighted by Gasteiger charge is -2.38. The van der Waals surface area contributed by atoms with E-state index in [1.54, 1.807) is 14.2 Å². The minimum absolute atomic E-state index is 0.119. The molecule has 5 heterocycles. The molecule has 1 N–H and O–H groups in total. The molecule has 42 heavy (non-hydrogen) atoms. The molecule has 4 aromatic rings. The van der Waals surface area contributed by atoms with Crippen LogP contribution in [0.1, 0.15) is 45.5 Å².